The van der Waals surface area contributed by atoms with E-state index in [4.69, 9.17) is 5.11 Å². The molecule has 0 fully saturated rings. The van der Waals surface area contributed by atoms with E-state index in [-0.39, 0.29) is 6.61 Å². The van der Waals surface area contributed by atoms with Crippen molar-refractivity contribution in [2.24, 2.45) is 0 Å². The number of hydrogen-bond donors (Lipinski definition) is 1. The van der Waals surface area contributed by atoms with Gasteiger partial charge in [0, 0.05) is 18.4 Å². The summed E-state index contributed by atoms with van der Waals surface area (Å²) in [6.45, 7) is 0.197. The van der Waals surface area contributed by atoms with E-state index < -0.39 is 0 Å². The number of hydrogen-bond acceptors (Lipinski definition) is 2. The van der Waals surface area contributed by atoms with Crippen molar-refractivity contribution < 1.29 is 5.11 Å². The molecule has 0 aliphatic heterocycles. The third-order valence-electron chi connectivity index (χ3n) is 2.48. The lowest BCUT2D eigenvalue weighted by molar-refractivity contribution is 0.303. The molecular weight excluding hydrogens is 210 g/mol. The topological polar surface area (TPSA) is 33.1 Å². The molecule has 1 heterocycles. The Balaban J connectivity index is 2.13. The standard InChI is InChI=1S/C15H15NO/c17-12-4-2-5-13-7-9-14(10-8-13)15-6-1-3-11-16-15/h1-3,5-11,17H,4,12H2. The Labute approximate surface area is 101 Å². The van der Waals surface area contributed by atoms with Crippen molar-refractivity contribution in [2.45, 2.75) is 6.42 Å². The van der Waals surface area contributed by atoms with Gasteiger partial charge in [0.25, 0.3) is 0 Å². The summed E-state index contributed by atoms with van der Waals surface area (Å²) in [5, 5.41) is 8.68. The second-order valence-electron chi connectivity index (χ2n) is 3.75. The molecule has 0 aliphatic carbocycles. The van der Waals surface area contributed by atoms with Gasteiger partial charge in [-0.3, -0.25) is 4.98 Å². The number of aliphatic hydroxyl groups excluding tert-OH is 1. The molecule has 0 bridgehead atoms. The molecule has 2 nitrogen and oxygen atoms in total. The summed E-state index contributed by atoms with van der Waals surface area (Å²) in [6.07, 6.45) is 6.47. The summed E-state index contributed by atoms with van der Waals surface area (Å²) in [7, 11) is 0. The molecule has 0 radical (unpaired) electrons. The largest absolute Gasteiger partial charge is 0.396 e. The Bertz CT molecular complexity index is 474. The zero-order valence-electron chi connectivity index (χ0n) is 9.58. The number of pyridine rings is 1. The van der Waals surface area contributed by atoms with Gasteiger partial charge < -0.3 is 5.11 Å². The summed E-state index contributed by atoms with van der Waals surface area (Å²) < 4.78 is 0. The van der Waals surface area contributed by atoms with Crippen LogP contribution in [0, 0.1) is 0 Å². The lowest BCUT2D eigenvalue weighted by atomic mass is 10.1. The Morgan fingerprint density at radius 3 is 2.53 bits per heavy atom. The van der Waals surface area contributed by atoms with E-state index in [1.165, 1.54) is 0 Å². The summed E-state index contributed by atoms with van der Waals surface area (Å²) in [4.78, 5) is 4.30. The molecule has 1 aromatic heterocycles. The first-order chi connectivity index (χ1) is 8.40. The van der Waals surface area contributed by atoms with Crippen molar-refractivity contribution in [1.82, 2.24) is 4.98 Å². The van der Waals surface area contributed by atoms with E-state index in [1.807, 2.05) is 30.4 Å². The maximum absolute atomic E-state index is 8.68. The molecule has 86 valence electrons. The minimum Gasteiger partial charge on any atom is -0.396 e. The van der Waals surface area contributed by atoms with Crippen LogP contribution in [0.25, 0.3) is 17.3 Å². The van der Waals surface area contributed by atoms with Gasteiger partial charge in [-0.05, 0) is 24.1 Å². The van der Waals surface area contributed by atoms with Crippen LogP contribution in [0.4, 0.5) is 0 Å². The van der Waals surface area contributed by atoms with Crippen molar-refractivity contribution in [3.63, 3.8) is 0 Å². The van der Waals surface area contributed by atoms with Gasteiger partial charge in [0.15, 0.2) is 0 Å². The maximum atomic E-state index is 8.68. The molecule has 2 rings (SSSR count). The van der Waals surface area contributed by atoms with Crippen LogP contribution in [-0.2, 0) is 0 Å². The Kier molecular flexibility index (Phi) is 4.05. The van der Waals surface area contributed by atoms with Crippen LogP contribution >= 0.6 is 0 Å². The normalized spacial score (nSPS) is 10.9. The third kappa shape index (κ3) is 3.26. The van der Waals surface area contributed by atoms with Gasteiger partial charge in [0.1, 0.15) is 0 Å². The first kappa shape index (κ1) is 11.6. The van der Waals surface area contributed by atoms with Crippen LogP contribution in [0.3, 0.4) is 0 Å². The molecule has 17 heavy (non-hydrogen) atoms. The zero-order valence-corrected chi connectivity index (χ0v) is 9.58. The van der Waals surface area contributed by atoms with Crippen molar-refractivity contribution in [2.75, 3.05) is 6.61 Å². The van der Waals surface area contributed by atoms with Crippen LogP contribution in [0.2, 0.25) is 0 Å². The zero-order chi connectivity index (χ0) is 11.9. The lowest BCUT2D eigenvalue weighted by Crippen LogP contribution is -1.82. The third-order valence-corrected chi connectivity index (χ3v) is 2.48. The smallest absolute Gasteiger partial charge is 0.0701 e. The molecule has 0 saturated heterocycles. The molecule has 0 aliphatic rings. The highest BCUT2D eigenvalue weighted by Crippen LogP contribution is 2.17. The molecule has 0 atom stereocenters. The first-order valence-electron chi connectivity index (χ1n) is 5.69. The van der Waals surface area contributed by atoms with Crippen molar-refractivity contribution in [3.05, 3.63) is 60.3 Å². The van der Waals surface area contributed by atoms with E-state index in [0.29, 0.717) is 6.42 Å². The van der Waals surface area contributed by atoms with E-state index >= 15 is 0 Å². The van der Waals surface area contributed by atoms with Crippen molar-refractivity contribution >= 4 is 6.08 Å². The molecule has 1 aromatic carbocycles. The number of benzene rings is 1. The second kappa shape index (κ2) is 5.97. The van der Waals surface area contributed by atoms with Crippen LogP contribution < -0.4 is 0 Å². The number of aliphatic hydroxyl groups is 1. The Hall–Kier alpha value is -1.93. The molecular formula is C15H15NO. The van der Waals surface area contributed by atoms with Gasteiger partial charge in [-0.1, -0.05) is 42.5 Å². The predicted molar refractivity (Wildman–Crippen MR) is 70.4 cm³/mol. The van der Waals surface area contributed by atoms with Gasteiger partial charge in [0.05, 0.1) is 5.69 Å². The van der Waals surface area contributed by atoms with E-state index in [1.54, 1.807) is 6.20 Å². The minimum absolute atomic E-state index is 0.197. The Morgan fingerprint density at radius 1 is 1.06 bits per heavy atom. The van der Waals surface area contributed by atoms with Crippen LogP contribution in [-0.4, -0.2) is 16.7 Å². The Morgan fingerprint density at radius 2 is 1.88 bits per heavy atom. The van der Waals surface area contributed by atoms with Crippen LogP contribution in [0.1, 0.15) is 12.0 Å². The van der Waals surface area contributed by atoms with Gasteiger partial charge in [0.2, 0.25) is 0 Å². The summed E-state index contributed by atoms with van der Waals surface area (Å²) in [5.74, 6) is 0. The fourth-order valence-corrected chi connectivity index (χ4v) is 1.59. The average molecular weight is 225 g/mol. The molecule has 0 spiro atoms. The minimum atomic E-state index is 0.197. The monoisotopic (exact) mass is 225 g/mol. The highest BCUT2D eigenvalue weighted by molar-refractivity contribution is 5.62. The highest BCUT2D eigenvalue weighted by atomic mass is 16.2. The molecule has 0 unspecified atom stereocenters. The molecule has 0 saturated carbocycles. The highest BCUT2D eigenvalue weighted by Gasteiger charge is 1.96. The van der Waals surface area contributed by atoms with Gasteiger partial charge in [-0.2, -0.15) is 0 Å². The summed E-state index contributed by atoms with van der Waals surface area (Å²) >= 11 is 0. The van der Waals surface area contributed by atoms with E-state index in [2.05, 4.69) is 29.2 Å². The molecule has 2 heteroatoms. The first-order valence-corrected chi connectivity index (χ1v) is 5.69. The van der Waals surface area contributed by atoms with Crippen molar-refractivity contribution in [3.8, 4) is 11.3 Å². The predicted octanol–water partition coefficient (Wildman–Crippen LogP) is 3.14. The van der Waals surface area contributed by atoms with Gasteiger partial charge in [-0.15, -0.1) is 0 Å². The average Bonchev–Trinajstić information content (AvgIpc) is 2.41. The molecule has 2 aromatic rings. The van der Waals surface area contributed by atoms with E-state index in [9.17, 15) is 0 Å². The molecule has 1 N–H and O–H groups in total. The fraction of sp³-hybridized carbons (Fsp3) is 0.133. The number of rotatable bonds is 4. The van der Waals surface area contributed by atoms with Gasteiger partial charge >= 0.3 is 0 Å². The van der Waals surface area contributed by atoms with Gasteiger partial charge in [-0.25, -0.2) is 0 Å². The summed E-state index contributed by atoms with van der Waals surface area (Å²) in [5.41, 5.74) is 3.24. The number of aromatic nitrogens is 1. The fourth-order valence-electron chi connectivity index (χ4n) is 1.59. The van der Waals surface area contributed by atoms with Crippen LogP contribution in [0.15, 0.2) is 54.7 Å². The summed E-state index contributed by atoms with van der Waals surface area (Å²) in [6, 6.07) is 14.1. The van der Waals surface area contributed by atoms with Crippen LogP contribution in [0.5, 0.6) is 0 Å². The maximum Gasteiger partial charge on any atom is 0.0701 e. The van der Waals surface area contributed by atoms with Crippen molar-refractivity contribution in [1.29, 1.82) is 0 Å². The quantitative estimate of drug-likeness (QED) is 0.867. The second-order valence-corrected chi connectivity index (χ2v) is 3.75. The van der Waals surface area contributed by atoms with E-state index in [0.717, 1.165) is 16.8 Å². The SMILES string of the molecule is OCCC=Cc1ccc(-c2ccccn2)cc1. The molecule has 0 amide bonds. The lowest BCUT2D eigenvalue weighted by Gasteiger charge is -2.00. The number of nitrogens with zero attached hydrogens (tertiary/aromatic N) is 1.